The summed E-state index contributed by atoms with van der Waals surface area (Å²) in [6.45, 7) is 0.317. The van der Waals surface area contributed by atoms with Crippen LogP contribution in [-0.4, -0.2) is 55.9 Å². The number of carbonyl (C=O) groups is 1. The molecule has 10 heteroatoms. The molecule has 0 bridgehead atoms. The first-order chi connectivity index (χ1) is 12.9. The fourth-order valence-electron chi connectivity index (χ4n) is 3.01. The predicted octanol–water partition coefficient (Wildman–Crippen LogP) is -0.812. The molecule has 2 aromatic heterocycles. The number of rotatable bonds is 6. The summed E-state index contributed by atoms with van der Waals surface area (Å²) in [5, 5.41) is 20.4. The Morgan fingerprint density at radius 1 is 1.30 bits per heavy atom. The van der Waals surface area contributed by atoms with Crippen molar-refractivity contribution in [1.82, 2.24) is 14.5 Å². The summed E-state index contributed by atoms with van der Waals surface area (Å²) in [4.78, 5) is 38.8. The standard InChI is InChI=1S/C17H21N3O7/c1-19(9-10-3-2-8-26-10)13(22)5-4-11-14(23)15(24)16(27-11)20-7-6-12(21)18-17(20)25/h2-3,6-8,11,14-16,23-24H,4-5,9H2,1H3,(H,18,21,25)/t11-,14-,15-,16-/m1/s1. The fraction of sp³-hybridized carbons (Fsp3) is 0.471. The summed E-state index contributed by atoms with van der Waals surface area (Å²) < 4.78 is 11.8. The molecule has 0 aliphatic carbocycles. The third-order valence-corrected chi connectivity index (χ3v) is 4.50. The van der Waals surface area contributed by atoms with Gasteiger partial charge in [0.1, 0.15) is 18.0 Å². The molecule has 10 nitrogen and oxygen atoms in total. The predicted molar refractivity (Wildman–Crippen MR) is 91.7 cm³/mol. The van der Waals surface area contributed by atoms with Crippen molar-refractivity contribution in [3.8, 4) is 0 Å². The first-order valence-corrected chi connectivity index (χ1v) is 8.46. The van der Waals surface area contributed by atoms with Crippen LogP contribution in [0.3, 0.4) is 0 Å². The van der Waals surface area contributed by atoms with Gasteiger partial charge in [0.15, 0.2) is 6.23 Å². The number of aromatic amines is 1. The number of carbonyl (C=O) groups excluding carboxylic acids is 1. The monoisotopic (exact) mass is 379 g/mol. The van der Waals surface area contributed by atoms with E-state index in [2.05, 4.69) is 4.98 Å². The Hall–Kier alpha value is -2.69. The summed E-state index contributed by atoms with van der Waals surface area (Å²) >= 11 is 0. The zero-order valence-electron chi connectivity index (χ0n) is 14.6. The van der Waals surface area contributed by atoms with Crippen molar-refractivity contribution in [2.75, 3.05) is 7.05 Å². The van der Waals surface area contributed by atoms with E-state index in [0.717, 1.165) is 10.6 Å². The molecule has 1 fully saturated rings. The number of H-pyrrole nitrogens is 1. The highest BCUT2D eigenvalue weighted by atomic mass is 16.6. The summed E-state index contributed by atoms with van der Waals surface area (Å²) in [7, 11) is 1.63. The van der Waals surface area contributed by atoms with Crippen LogP contribution in [0.25, 0.3) is 0 Å². The second kappa shape index (κ2) is 7.91. The third kappa shape index (κ3) is 4.18. The lowest BCUT2D eigenvalue weighted by Crippen LogP contribution is -2.37. The van der Waals surface area contributed by atoms with Crippen LogP contribution in [0.5, 0.6) is 0 Å². The maximum atomic E-state index is 12.2. The Labute approximate surface area is 153 Å². The molecule has 1 saturated heterocycles. The van der Waals surface area contributed by atoms with Gasteiger partial charge in [-0.05, 0) is 18.6 Å². The maximum Gasteiger partial charge on any atom is 0.330 e. The van der Waals surface area contributed by atoms with Crippen molar-refractivity contribution in [1.29, 1.82) is 0 Å². The van der Waals surface area contributed by atoms with Gasteiger partial charge in [0.05, 0.1) is 18.9 Å². The first kappa shape index (κ1) is 19.1. The number of nitrogens with one attached hydrogen (secondary N) is 1. The quantitative estimate of drug-likeness (QED) is 0.596. The molecule has 146 valence electrons. The summed E-state index contributed by atoms with van der Waals surface area (Å²) in [5.41, 5.74) is -1.33. The number of hydrogen-bond donors (Lipinski definition) is 3. The fourth-order valence-corrected chi connectivity index (χ4v) is 3.01. The smallest absolute Gasteiger partial charge is 0.330 e. The van der Waals surface area contributed by atoms with Gasteiger partial charge in [-0.1, -0.05) is 0 Å². The minimum Gasteiger partial charge on any atom is -0.467 e. The molecule has 1 amide bonds. The first-order valence-electron chi connectivity index (χ1n) is 8.46. The molecule has 0 saturated carbocycles. The van der Waals surface area contributed by atoms with Gasteiger partial charge in [-0.2, -0.15) is 0 Å². The van der Waals surface area contributed by atoms with Gasteiger partial charge in [0.25, 0.3) is 5.56 Å². The van der Waals surface area contributed by atoms with Gasteiger partial charge >= 0.3 is 5.69 Å². The second-order valence-electron chi connectivity index (χ2n) is 6.43. The van der Waals surface area contributed by atoms with E-state index >= 15 is 0 Å². The molecule has 1 aliphatic heterocycles. The van der Waals surface area contributed by atoms with Gasteiger partial charge in [0.2, 0.25) is 5.91 Å². The molecule has 2 aromatic rings. The van der Waals surface area contributed by atoms with E-state index in [1.807, 2.05) is 0 Å². The van der Waals surface area contributed by atoms with Crippen LogP contribution in [-0.2, 0) is 16.1 Å². The van der Waals surface area contributed by atoms with Crippen molar-refractivity contribution >= 4 is 5.91 Å². The molecule has 0 aromatic carbocycles. The number of amides is 1. The molecular formula is C17H21N3O7. The Morgan fingerprint density at radius 2 is 2.07 bits per heavy atom. The van der Waals surface area contributed by atoms with Crippen molar-refractivity contribution in [2.45, 2.75) is 43.9 Å². The number of nitrogens with zero attached hydrogens (tertiary/aromatic N) is 2. The Kier molecular flexibility index (Phi) is 5.59. The molecule has 0 radical (unpaired) electrons. The van der Waals surface area contributed by atoms with Crippen molar-refractivity contribution in [3.05, 3.63) is 57.3 Å². The number of furan rings is 1. The van der Waals surface area contributed by atoms with E-state index in [1.165, 1.54) is 17.4 Å². The minimum absolute atomic E-state index is 0.0822. The highest BCUT2D eigenvalue weighted by molar-refractivity contribution is 5.75. The molecule has 0 spiro atoms. The van der Waals surface area contributed by atoms with Crippen LogP contribution < -0.4 is 11.2 Å². The molecule has 3 rings (SSSR count). The normalized spacial score (nSPS) is 24.9. The van der Waals surface area contributed by atoms with E-state index in [4.69, 9.17) is 9.15 Å². The largest absolute Gasteiger partial charge is 0.467 e. The Morgan fingerprint density at radius 3 is 2.74 bits per heavy atom. The summed E-state index contributed by atoms with van der Waals surface area (Å²) in [5.74, 6) is 0.470. The lowest BCUT2D eigenvalue weighted by Gasteiger charge is -2.18. The average molecular weight is 379 g/mol. The SMILES string of the molecule is CN(Cc1ccco1)C(=O)CC[C@H]1O[C@@H](n2ccc(=O)[nH]c2=O)[C@H](O)[C@@H]1O. The third-order valence-electron chi connectivity index (χ3n) is 4.50. The minimum atomic E-state index is -1.37. The van der Waals surface area contributed by atoms with Crippen LogP contribution in [0, 0.1) is 0 Å². The van der Waals surface area contributed by atoms with Crippen molar-refractivity contribution in [2.24, 2.45) is 0 Å². The van der Waals surface area contributed by atoms with Crippen molar-refractivity contribution < 1.29 is 24.2 Å². The van der Waals surface area contributed by atoms with Crippen LogP contribution in [0.2, 0.25) is 0 Å². The van der Waals surface area contributed by atoms with Crippen molar-refractivity contribution in [3.63, 3.8) is 0 Å². The second-order valence-corrected chi connectivity index (χ2v) is 6.43. The van der Waals surface area contributed by atoms with Crippen LogP contribution in [0.1, 0.15) is 24.8 Å². The average Bonchev–Trinajstić information content (AvgIpc) is 3.23. The van der Waals surface area contributed by atoms with E-state index in [1.54, 1.807) is 19.2 Å². The highest BCUT2D eigenvalue weighted by Crippen LogP contribution is 2.30. The molecule has 3 N–H and O–H groups in total. The Bertz CT molecular complexity index is 888. The van der Waals surface area contributed by atoms with Gasteiger partial charge < -0.3 is 24.3 Å². The van der Waals surface area contributed by atoms with E-state index in [0.29, 0.717) is 12.3 Å². The van der Waals surface area contributed by atoms with Crippen LogP contribution in [0.15, 0.2) is 44.7 Å². The lowest BCUT2D eigenvalue weighted by molar-refractivity contribution is -0.131. The van der Waals surface area contributed by atoms with E-state index in [9.17, 15) is 24.6 Å². The zero-order chi connectivity index (χ0) is 19.6. The van der Waals surface area contributed by atoms with Gasteiger partial charge in [0, 0.05) is 25.7 Å². The summed E-state index contributed by atoms with van der Waals surface area (Å²) in [6.07, 6.45) is -1.66. The number of ether oxygens (including phenoxy) is 1. The number of aromatic nitrogens is 2. The zero-order valence-corrected chi connectivity index (χ0v) is 14.6. The summed E-state index contributed by atoms with van der Waals surface area (Å²) in [6, 6.07) is 4.61. The van der Waals surface area contributed by atoms with Gasteiger partial charge in [-0.15, -0.1) is 0 Å². The molecule has 27 heavy (non-hydrogen) atoms. The van der Waals surface area contributed by atoms with Gasteiger partial charge in [-0.3, -0.25) is 19.1 Å². The number of aliphatic hydroxyl groups is 2. The van der Waals surface area contributed by atoms with E-state index in [-0.39, 0.29) is 18.7 Å². The molecular weight excluding hydrogens is 358 g/mol. The van der Waals surface area contributed by atoms with Gasteiger partial charge in [-0.25, -0.2) is 4.79 Å². The molecule has 4 atom stereocenters. The number of aliphatic hydroxyl groups excluding tert-OH is 2. The topological polar surface area (TPSA) is 138 Å². The van der Waals surface area contributed by atoms with E-state index < -0.39 is 35.8 Å². The molecule has 0 unspecified atom stereocenters. The maximum absolute atomic E-state index is 12.2. The number of hydrogen-bond acceptors (Lipinski definition) is 7. The van der Waals surface area contributed by atoms with Crippen LogP contribution in [0.4, 0.5) is 0 Å². The highest BCUT2D eigenvalue weighted by Gasteiger charge is 2.44. The molecule has 3 heterocycles. The Balaban J connectivity index is 1.60. The lowest BCUT2D eigenvalue weighted by atomic mass is 10.1. The van der Waals surface area contributed by atoms with Crippen LogP contribution >= 0.6 is 0 Å². The molecule has 1 aliphatic rings.